The number of carbonyl (C=O) groups excluding carboxylic acids is 3. The number of hydrogen-bond donors (Lipinski definition) is 0. The van der Waals surface area contributed by atoms with E-state index in [1.165, 1.54) is 5.57 Å². The zero-order chi connectivity index (χ0) is 31.5. The van der Waals surface area contributed by atoms with E-state index in [1.54, 1.807) is 76.2 Å². The van der Waals surface area contributed by atoms with Crippen molar-refractivity contribution in [1.82, 2.24) is 0 Å². The fourth-order valence-electron chi connectivity index (χ4n) is 5.34. The lowest BCUT2D eigenvalue weighted by atomic mass is 9.84. The molecule has 0 saturated carbocycles. The Morgan fingerprint density at radius 3 is 2.28 bits per heavy atom. The molecule has 5 rings (SSSR count). The number of benzene rings is 2. The molecule has 1 aliphatic carbocycles. The zero-order valence-electron chi connectivity index (χ0n) is 25.8. The maximum absolute atomic E-state index is 12.4. The van der Waals surface area contributed by atoms with Crippen LogP contribution in [0.2, 0.25) is 5.02 Å². The van der Waals surface area contributed by atoms with Crippen LogP contribution in [-0.2, 0) is 23.8 Å². The van der Waals surface area contributed by atoms with Gasteiger partial charge in [0.1, 0.15) is 18.0 Å². The van der Waals surface area contributed by atoms with Crippen LogP contribution >= 0.6 is 11.6 Å². The van der Waals surface area contributed by atoms with Gasteiger partial charge in [0.15, 0.2) is 11.4 Å². The molecule has 2 saturated heterocycles. The lowest BCUT2D eigenvalue weighted by Crippen LogP contribution is -2.40. The Hall–Kier alpha value is -3.42. The molecule has 0 amide bonds. The van der Waals surface area contributed by atoms with Crippen molar-refractivity contribution in [3.8, 4) is 5.75 Å². The molecule has 0 bridgehead atoms. The Labute approximate surface area is 259 Å². The third-order valence-corrected chi connectivity index (χ3v) is 8.25. The number of epoxide rings is 1. The van der Waals surface area contributed by atoms with Crippen molar-refractivity contribution in [3.05, 3.63) is 88.5 Å². The van der Waals surface area contributed by atoms with E-state index in [1.807, 2.05) is 0 Å². The van der Waals surface area contributed by atoms with Crippen LogP contribution in [0.25, 0.3) is 0 Å². The average Bonchev–Trinajstić information content (AvgIpc) is 3.53. The first-order valence-corrected chi connectivity index (χ1v) is 15.1. The second-order valence-electron chi connectivity index (χ2n) is 12.4. The van der Waals surface area contributed by atoms with Crippen molar-refractivity contribution in [2.75, 3.05) is 0 Å². The third kappa shape index (κ3) is 7.95. The summed E-state index contributed by atoms with van der Waals surface area (Å²) in [5.41, 5.74) is 1.87. The molecular weight excluding hydrogens is 568 g/mol. The molecule has 4 atom stereocenters. The van der Waals surface area contributed by atoms with Gasteiger partial charge in [0, 0.05) is 27.6 Å². The lowest BCUT2D eigenvalue weighted by molar-refractivity contribution is -0.163. The molecule has 0 aromatic heterocycles. The summed E-state index contributed by atoms with van der Waals surface area (Å²) in [6.07, 6.45) is 6.04. The van der Waals surface area contributed by atoms with Gasteiger partial charge in [0.05, 0.1) is 11.7 Å². The zero-order valence-corrected chi connectivity index (χ0v) is 26.5. The Kier molecular flexibility index (Phi) is 9.87. The third-order valence-electron chi connectivity index (χ3n) is 8.00. The van der Waals surface area contributed by atoms with Crippen LogP contribution in [-0.4, -0.2) is 47.2 Å². The highest BCUT2D eigenvalue weighted by Gasteiger charge is 2.61. The molecule has 2 aromatic carbocycles. The van der Waals surface area contributed by atoms with Gasteiger partial charge in [-0.2, -0.15) is 0 Å². The Balaban J connectivity index is 0.000000206. The normalized spacial score (nSPS) is 24.8. The highest BCUT2D eigenvalue weighted by atomic mass is 35.5. The highest BCUT2D eigenvalue weighted by molar-refractivity contribution is 6.30. The van der Waals surface area contributed by atoms with E-state index in [9.17, 15) is 14.4 Å². The highest BCUT2D eigenvalue weighted by Crippen LogP contribution is 2.49. The molecule has 3 aliphatic rings. The average molecular weight is 609 g/mol. The number of allylic oxidation sites excluding steroid dienone is 2. The van der Waals surface area contributed by atoms with Gasteiger partial charge in [-0.05, 0) is 116 Å². The molecule has 8 heteroatoms. The van der Waals surface area contributed by atoms with Crippen LogP contribution in [0.15, 0.2) is 72.3 Å². The van der Waals surface area contributed by atoms with Gasteiger partial charge < -0.3 is 18.9 Å². The minimum atomic E-state index is -1.12. The number of hydrogen-bond acceptors (Lipinski definition) is 7. The summed E-state index contributed by atoms with van der Waals surface area (Å²) in [5.74, 6) is -0.168. The van der Waals surface area contributed by atoms with E-state index in [-0.39, 0.29) is 41.6 Å². The minimum Gasteiger partial charge on any atom is -0.476 e. The van der Waals surface area contributed by atoms with Crippen molar-refractivity contribution in [2.24, 2.45) is 5.92 Å². The summed E-state index contributed by atoms with van der Waals surface area (Å²) in [6.45, 7) is 15.0. The largest absolute Gasteiger partial charge is 0.476 e. The summed E-state index contributed by atoms with van der Waals surface area (Å²) in [7, 11) is 0. The second kappa shape index (κ2) is 13.1. The number of ether oxygens (including phenoxy) is 4. The Morgan fingerprint density at radius 1 is 1.07 bits per heavy atom. The molecule has 0 radical (unpaired) electrons. The summed E-state index contributed by atoms with van der Waals surface area (Å²) < 4.78 is 22.2. The maximum atomic E-state index is 12.4. The van der Waals surface area contributed by atoms with E-state index < -0.39 is 11.6 Å². The smallest absolute Gasteiger partial charge is 0.350 e. The van der Waals surface area contributed by atoms with Gasteiger partial charge in [-0.15, -0.1) is 0 Å². The first-order chi connectivity index (χ1) is 20.2. The predicted octanol–water partition coefficient (Wildman–Crippen LogP) is 7.44. The molecule has 0 spiro atoms. The quantitative estimate of drug-likeness (QED) is 0.111. The summed E-state index contributed by atoms with van der Waals surface area (Å²) in [5, 5.41) is 0.579. The molecule has 230 valence electrons. The van der Waals surface area contributed by atoms with Crippen LogP contribution in [0.4, 0.5) is 0 Å². The molecule has 2 fully saturated rings. The van der Waals surface area contributed by atoms with Crippen molar-refractivity contribution in [3.63, 3.8) is 0 Å². The molecule has 2 heterocycles. The van der Waals surface area contributed by atoms with E-state index in [0.29, 0.717) is 27.5 Å². The first kappa shape index (κ1) is 32.5. The fourth-order valence-corrected chi connectivity index (χ4v) is 5.47. The standard InChI is InChI=1S/C20H21ClO4.C15H20O3/c1-13(2)24-19(23)20(3,4)25-17-11-7-15(8-12-17)18(22)14-5-9-16(21)10-6-14;1-9-5-4-8-15(3)13(18-15)12-11(7-6-9)10(2)14(16)17-12/h5-13H,1-4H3;5,11-13H,2,4,6-8H2,1,3H3. The number of carbonyl (C=O) groups is 3. The number of rotatable bonds is 6. The second-order valence-corrected chi connectivity index (χ2v) is 12.8. The van der Waals surface area contributed by atoms with Crippen molar-refractivity contribution in [1.29, 1.82) is 0 Å². The number of esters is 2. The fraction of sp³-hybridized carbons (Fsp3) is 0.457. The van der Waals surface area contributed by atoms with Gasteiger partial charge in [-0.25, -0.2) is 9.59 Å². The van der Waals surface area contributed by atoms with Crippen LogP contribution in [0.5, 0.6) is 5.75 Å². The number of ketones is 1. The summed E-state index contributed by atoms with van der Waals surface area (Å²) in [4.78, 5) is 36.2. The SMILES string of the molecule is C=C1C(=O)OC2C1CCC(C)=CCCC1(C)OC21.CC(C)OC(=O)C(C)(C)Oc1ccc(C(=O)c2ccc(Cl)cc2)cc1. The minimum absolute atomic E-state index is 0.0671. The number of halogens is 1. The monoisotopic (exact) mass is 608 g/mol. The molecule has 43 heavy (non-hydrogen) atoms. The van der Waals surface area contributed by atoms with E-state index in [0.717, 1.165) is 25.7 Å². The van der Waals surface area contributed by atoms with E-state index in [4.69, 9.17) is 30.5 Å². The first-order valence-electron chi connectivity index (χ1n) is 14.7. The van der Waals surface area contributed by atoms with E-state index >= 15 is 0 Å². The van der Waals surface area contributed by atoms with Crippen LogP contribution in [0.3, 0.4) is 0 Å². The molecule has 7 nitrogen and oxygen atoms in total. The Bertz CT molecular complexity index is 1390. The van der Waals surface area contributed by atoms with Crippen LogP contribution in [0.1, 0.15) is 83.1 Å². The van der Waals surface area contributed by atoms with E-state index in [2.05, 4.69) is 26.5 Å². The maximum Gasteiger partial charge on any atom is 0.350 e. The van der Waals surface area contributed by atoms with Gasteiger partial charge >= 0.3 is 11.9 Å². The van der Waals surface area contributed by atoms with Crippen molar-refractivity contribution < 1.29 is 33.3 Å². The molecular formula is C35H41ClO7. The molecule has 2 aliphatic heterocycles. The van der Waals surface area contributed by atoms with Crippen LogP contribution < -0.4 is 4.74 Å². The van der Waals surface area contributed by atoms with Crippen LogP contribution in [0, 0.1) is 5.92 Å². The van der Waals surface area contributed by atoms with Crippen molar-refractivity contribution >= 4 is 29.3 Å². The van der Waals surface area contributed by atoms with Crippen molar-refractivity contribution in [2.45, 2.75) is 96.7 Å². The predicted molar refractivity (Wildman–Crippen MR) is 165 cm³/mol. The van der Waals surface area contributed by atoms with Gasteiger partial charge in [0.25, 0.3) is 0 Å². The van der Waals surface area contributed by atoms with Gasteiger partial charge in [0.2, 0.25) is 0 Å². The lowest BCUT2D eigenvalue weighted by Gasteiger charge is -2.25. The summed E-state index contributed by atoms with van der Waals surface area (Å²) in [6, 6.07) is 13.4. The molecule has 0 N–H and O–H groups in total. The number of fused-ring (bicyclic) bond motifs is 3. The van der Waals surface area contributed by atoms with Gasteiger partial charge in [-0.1, -0.05) is 29.8 Å². The topological polar surface area (TPSA) is 91.4 Å². The molecule has 2 aromatic rings. The Morgan fingerprint density at radius 2 is 1.67 bits per heavy atom. The summed E-state index contributed by atoms with van der Waals surface area (Å²) >= 11 is 5.84. The van der Waals surface area contributed by atoms with Gasteiger partial charge in [-0.3, -0.25) is 4.79 Å². The molecule has 4 unspecified atom stereocenters.